The fourth-order valence-corrected chi connectivity index (χ4v) is 3.08. The molecule has 0 radical (unpaired) electrons. The Labute approximate surface area is 151 Å². The second-order valence-corrected chi connectivity index (χ2v) is 6.14. The molecule has 0 saturated carbocycles. The molecule has 0 fully saturated rings. The number of nitrogens with zero attached hydrogens (tertiary/aromatic N) is 2. The number of aliphatic hydroxyl groups is 2. The molecule has 0 saturated heterocycles. The van der Waals surface area contributed by atoms with Crippen LogP contribution in [-0.4, -0.2) is 20.9 Å². The van der Waals surface area contributed by atoms with E-state index in [1.807, 2.05) is 36.4 Å². The summed E-state index contributed by atoms with van der Waals surface area (Å²) in [6, 6.07) is 17.8. The average molecular weight is 342 g/mol. The minimum atomic E-state index is -1.10. The second-order valence-electron chi connectivity index (χ2n) is 6.14. The number of aliphatic hydroxyl groups excluding tert-OH is 2. The maximum atomic E-state index is 10.7. The van der Waals surface area contributed by atoms with Crippen molar-refractivity contribution in [2.45, 2.75) is 12.6 Å². The molecule has 1 atom stereocenters. The summed E-state index contributed by atoms with van der Waals surface area (Å²) >= 11 is 0. The van der Waals surface area contributed by atoms with Gasteiger partial charge in [-0.05, 0) is 29.0 Å². The van der Waals surface area contributed by atoms with Gasteiger partial charge in [0.05, 0.1) is 11.4 Å². The van der Waals surface area contributed by atoms with Gasteiger partial charge in [0.2, 0.25) is 0 Å². The third-order valence-corrected chi connectivity index (χ3v) is 4.42. The lowest BCUT2D eigenvalue weighted by atomic mass is 10.0. The van der Waals surface area contributed by atoms with Crippen LogP contribution < -0.4 is 0 Å². The van der Waals surface area contributed by atoms with Crippen molar-refractivity contribution < 1.29 is 10.2 Å². The van der Waals surface area contributed by atoms with E-state index in [0.29, 0.717) is 23.4 Å². The van der Waals surface area contributed by atoms with Crippen molar-refractivity contribution in [3.05, 3.63) is 90.3 Å². The lowest BCUT2D eigenvalue weighted by Crippen LogP contribution is -2.08. The van der Waals surface area contributed by atoms with Crippen LogP contribution in [0.3, 0.4) is 0 Å². The van der Waals surface area contributed by atoms with Gasteiger partial charge >= 0.3 is 0 Å². The molecule has 0 amide bonds. The smallest absolute Gasteiger partial charge is 0.173 e. The van der Waals surface area contributed by atoms with Gasteiger partial charge in [-0.1, -0.05) is 54.6 Å². The zero-order chi connectivity index (χ0) is 17.9. The van der Waals surface area contributed by atoms with Crippen molar-refractivity contribution in [2.24, 2.45) is 4.99 Å². The number of benzene rings is 2. The zero-order valence-corrected chi connectivity index (χ0v) is 14.1. The van der Waals surface area contributed by atoms with Crippen molar-refractivity contribution >= 4 is 16.5 Å². The standard InChI is InChI=1S/C22H18N2O2/c25-20-10-4-3-9-19(20)24-22(26)18-8-5-13-23-21(18)17-12-11-15-6-1-2-7-16(15)14-17/h1-8,10-14,22,25-26H,9H2. The van der Waals surface area contributed by atoms with Crippen molar-refractivity contribution in [3.63, 3.8) is 0 Å². The van der Waals surface area contributed by atoms with E-state index in [1.54, 1.807) is 24.4 Å². The van der Waals surface area contributed by atoms with Gasteiger partial charge in [-0.3, -0.25) is 4.98 Å². The molecule has 1 aliphatic carbocycles. The summed E-state index contributed by atoms with van der Waals surface area (Å²) in [4.78, 5) is 8.77. The number of pyridine rings is 1. The summed E-state index contributed by atoms with van der Waals surface area (Å²) in [5.74, 6) is 0.0858. The first-order valence-corrected chi connectivity index (χ1v) is 8.47. The van der Waals surface area contributed by atoms with Crippen molar-refractivity contribution in [1.82, 2.24) is 4.98 Å². The largest absolute Gasteiger partial charge is 0.506 e. The number of hydrogen-bond acceptors (Lipinski definition) is 4. The monoisotopic (exact) mass is 342 g/mol. The van der Waals surface area contributed by atoms with Gasteiger partial charge in [-0.25, -0.2) is 4.99 Å². The molecule has 4 nitrogen and oxygen atoms in total. The first-order chi connectivity index (χ1) is 12.7. The molecule has 0 aliphatic heterocycles. The predicted molar refractivity (Wildman–Crippen MR) is 104 cm³/mol. The van der Waals surface area contributed by atoms with Crippen molar-refractivity contribution in [1.29, 1.82) is 0 Å². The van der Waals surface area contributed by atoms with Crippen LogP contribution in [0.4, 0.5) is 0 Å². The summed E-state index contributed by atoms with van der Waals surface area (Å²) in [7, 11) is 0. The fraction of sp³-hybridized carbons (Fsp3) is 0.0909. The van der Waals surface area contributed by atoms with Crippen LogP contribution in [0.5, 0.6) is 0 Å². The third kappa shape index (κ3) is 3.15. The molecule has 1 unspecified atom stereocenters. The van der Waals surface area contributed by atoms with E-state index in [9.17, 15) is 10.2 Å². The molecule has 4 heteroatoms. The molecule has 3 aromatic rings. The van der Waals surface area contributed by atoms with Crippen LogP contribution in [0.15, 0.2) is 89.8 Å². The van der Waals surface area contributed by atoms with E-state index in [4.69, 9.17) is 0 Å². The van der Waals surface area contributed by atoms with E-state index < -0.39 is 6.23 Å². The van der Waals surface area contributed by atoms with E-state index in [-0.39, 0.29) is 5.76 Å². The number of aliphatic imine (C=N–C) groups is 1. The van der Waals surface area contributed by atoms with Gasteiger partial charge in [0, 0.05) is 23.7 Å². The lowest BCUT2D eigenvalue weighted by molar-refractivity contribution is 0.188. The molecule has 0 bridgehead atoms. The van der Waals surface area contributed by atoms with Crippen LogP contribution in [0.1, 0.15) is 18.2 Å². The highest BCUT2D eigenvalue weighted by Gasteiger charge is 2.16. The highest BCUT2D eigenvalue weighted by Crippen LogP contribution is 2.30. The van der Waals surface area contributed by atoms with Gasteiger partial charge in [0.15, 0.2) is 6.23 Å². The summed E-state index contributed by atoms with van der Waals surface area (Å²) in [5, 5.41) is 22.8. The molecule has 1 aliphatic rings. The van der Waals surface area contributed by atoms with Gasteiger partial charge in [0.25, 0.3) is 0 Å². The predicted octanol–water partition coefficient (Wildman–Crippen LogP) is 4.74. The van der Waals surface area contributed by atoms with Gasteiger partial charge in [0.1, 0.15) is 5.76 Å². The van der Waals surface area contributed by atoms with Crippen molar-refractivity contribution in [3.8, 4) is 11.3 Å². The van der Waals surface area contributed by atoms with Gasteiger partial charge in [-0.15, -0.1) is 0 Å². The maximum absolute atomic E-state index is 10.7. The molecule has 2 aromatic carbocycles. The normalized spacial score (nSPS) is 16.7. The number of allylic oxidation sites excluding steroid dienone is 4. The third-order valence-electron chi connectivity index (χ3n) is 4.42. The molecule has 1 heterocycles. The lowest BCUT2D eigenvalue weighted by Gasteiger charge is -2.14. The van der Waals surface area contributed by atoms with Crippen molar-refractivity contribution in [2.75, 3.05) is 0 Å². The number of hydrogen-bond donors (Lipinski definition) is 2. The molecular weight excluding hydrogens is 324 g/mol. The Bertz CT molecular complexity index is 1050. The van der Waals surface area contributed by atoms with Crippen LogP contribution in [0.25, 0.3) is 22.0 Å². The molecule has 4 rings (SSSR count). The summed E-state index contributed by atoms with van der Waals surface area (Å²) in [6.07, 6.45) is 6.33. The highest BCUT2D eigenvalue weighted by molar-refractivity contribution is 6.00. The van der Waals surface area contributed by atoms with Crippen LogP contribution in [0.2, 0.25) is 0 Å². The summed E-state index contributed by atoms with van der Waals surface area (Å²) in [6.45, 7) is 0. The highest BCUT2D eigenvalue weighted by atomic mass is 16.3. The number of rotatable bonds is 3. The Morgan fingerprint density at radius 2 is 1.85 bits per heavy atom. The zero-order valence-electron chi connectivity index (χ0n) is 14.1. The first kappa shape index (κ1) is 16.2. The number of aromatic nitrogens is 1. The molecule has 0 spiro atoms. The minimum Gasteiger partial charge on any atom is -0.506 e. The second kappa shape index (κ2) is 6.94. The topological polar surface area (TPSA) is 65.7 Å². The average Bonchev–Trinajstić information content (AvgIpc) is 2.69. The maximum Gasteiger partial charge on any atom is 0.173 e. The Balaban J connectivity index is 1.75. The van der Waals surface area contributed by atoms with E-state index >= 15 is 0 Å². The van der Waals surface area contributed by atoms with Gasteiger partial charge in [-0.2, -0.15) is 0 Å². The van der Waals surface area contributed by atoms with E-state index in [0.717, 1.165) is 16.3 Å². The minimum absolute atomic E-state index is 0.0858. The Morgan fingerprint density at radius 3 is 2.69 bits per heavy atom. The molecular formula is C22H18N2O2. The number of fused-ring (bicyclic) bond motifs is 1. The van der Waals surface area contributed by atoms with Crippen LogP contribution in [0, 0.1) is 0 Å². The SMILES string of the molecule is OC1=CC=CCC1=NC(O)c1cccnc1-c1ccc2ccccc2c1. The Morgan fingerprint density at radius 1 is 1.00 bits per heavy atom. The van der Waals surface area contributed by atoms with Crippen LogP contribution >= 0.6 is 0 Å². The Hall–Kier alpha value is -3.24. The quantitative estimate of drug-likeness (QED) is 0.723. The van der Waals surface area contributed by atoms with E-state index in [1.165, 1.54) is 0 Å². The molecule has 1 aromatic heterocycles. The van der Waals surface area contributed by atoms with Gasteiger partial charge < -0.3 is 10.2 Å². The fourth-order valence-electron chi connectivity index (χ4n) is 3.08. The molecule has 128 valence electrons. The summed E-state index contributed by atoms with van der Waals surface area (Å²) < 4.78 is 0. The summed E-state index contributed by atoms with van der Waals surface area (Å²) in [5.41, 5.74) is 2.68. The van der Waals surface area contributed by atoms with Crippen LogP contribution in [-0.2, 0) is 0 Å². The molecule has 2 N–H and O–H groups in total. The Kier molecular flexibility index (Phi) is 4.33. The van der Waals surface area contributed by atoms with E-state index in [2.05, 4.69) is 28.2 Å². The first-order valence-electron chi connectivity index (χ1n) is 8.47. The molecule has 26 heavy (non-hydrogen) atoms.